The first-order valence-corrected chi connectivity index (χ1v) is 13.1. The predicted octanol–water partition coefficient (Wildman–Crippen LogP) is 6.50. The number of imidazole rings is 1. The van der Waals surface area contributed by atoms with Crippen molar-refractivity contribution in [3.05, 3.63) is 52.6 Å². The van der Waals surface area contributed by atoms with Gasteiger partial charge in [0.2, 0.25) is 0 Å². The van der Waals surface area contributed by atoms with Gasteiger partial charge in [-0.15, -0.1) is 0 Å². The lowest BCUT2D eigenvalue weighted by molar-refractivity contribution is -0.153. The normalized spacial score (nSPS) is 13.9. The van der Waals surface area contributed by atoms with E-state index in [0.29, 0.717) is 22.6 Å². The van der Waals surface area contributed by atoms with Gasteiger partial charge in [0.05, 0.1) is 17.6 Å². The number of nitrogens with zero attached hydrogens (tertiary/aromatic N) is 3. The Morgan fingerprint density at radius 2 is 1.85 bits per heavy atom. The second kappa shape index (κ2) is 13.6. The number of aryl methyl sites for hydroxylation is 1. The molecule has 1 aliphatic rings. The first-order chi connectivity index (χ1) is 18.5. The largest absolute Gasteiger partial charge is 0.484 e. The summed E-state index contributed by atoms with van der Waals surface area (Å²) in [4.78, 5) is 33.2. The van der Waals surface area contributed by atoms with E-state index in [1.54, 1.807) is 18.4 Å². The van der Waals surface area contributed by atoms with Crippen LogP contribution in [0.1, 0.15) is 50.3 Å². The summed E-state index contributed by atoms with van der Waals surface area (Å²) in [7, 11) is 0. The van der Waals surface area contributed by atoms with Crippen molar-refractivity contribution < 1.29 is 32.2 Å². The molecule has 1 saturated carbocycles. The Morgan fingerprint density at radius 3 is 2.51 bits per heavy atom. The van der Waals surface area contributed by atoms with Gasteiger partial charge in [-0.3, -0.25) is 9.78 Å². The Morgan fingerprint density at radius 1 is 1.15 bits per heavy atom. The number of halogens is 3. The van der Waals surface area contributed by atoms with Gasteiger partial charge in [-0.2, -0.15) is 13.2 Å². The number of rotatable bonds is 6. The molecule has 1 aliphatic carbocycles. The van der Waals surface area contributed by atoms with Crippen LogP contribution in [0.25, 0.3) is 11.0 Å². The highest BCUT2D eigenvalue weighted by molar-refractivity contribution is 7.71. The Hall–Kier alpha value is -3.41. The average Bonchev–Trinajstić information content (AvgIpc) is 3.23. The molecule has 39 heavy (non-hydrogen) atoms. The number of H-pyrrole nitrogens is 1. The van der Waals surface area contributed by atoms with Gasteiger partial charge in [-0.25, -0.2) is 9.36 Å². The Labute approximate surface area is 230 Å². The molecule has 0 saturated heterocycles. The fraction of sp³-hybridized carbons (Fsp3) is 0.481. The van der Waals surface area contributed by atoms with E-state index in [1.165, 1.54) is 25.6 Å². The minimum Gasteiger partial charge on any atom is -0.484 e. The van der Waals surface area contributed by atoms with Crippen LogP contribution in [0, 0.1) is 18.6 Å². The molecule has 1 N–H and O–H groups in total. The van der Waals surface area contributed by atoms with E-state index in [-0.39, 0.29) is 30.4 Å². The number of esters is 1. The molecule has 3 aromatic rings. The summed E-state index contributed by atoms with van der Waals surface area (Å²) in [5, 5.41) is 0. The summed E-state index contributed by atoms with van der Waals surface area (Å²) in [5.74, 6) is -0.102. The van der Waals surface area contributed by atoms with Crippen LogP contribution in [0.4, 0.5) is 18.0 Å². The molecule has 0 spiro atoms. The zero-order valence-electron chi connectivity index (χ0n) is 22.2. The summed E-state index contributed by atoms with van der Waals surface area (Å²) in [5.41, 5.74) is 2.91. The Balaban J connectivity index is 0.000000255. The van der Waals surface area contributed by atoms with Crippen molar-refractivity contribution in [2.75, 3.05) is 19.8 Å². The zero-order chi connectivity index (χ0) is 28.6. The van der Waals surface area contributed by atoms with Crippen molar-refractivity contribution in [1.29, 1.82) is 0 Å². The number of carbonyl (C=O) groups excluding carboxylic acids is 2. The second-order valence-electron chi connectivity index (χ2n) is 9.31. The number of hydrogen-bond acceptors (Lipinski definition) is 6. The molecule has 2 aromatic heterocycles. The number of carbonyl (C=O) groups is 2. The van der Waals surface area contributed by atoms with Crippen LogP contribution in [0.15, 0.2) is 36.5 Å². The zero-order valence-corrected chi connectivity index (χ0v) is 23.0. The fourth-order valence-electron chi connectivity index (χ4n) is 4.42. The number of nitrogens with one attached hydrogen (secondary N) is 1. The number of para-hydroxylation sites is 2. The number of pyridine rings is 1. The molecule has 12 heteroatoms. The topological polar surface area (TPSA) is 89.5 Å². The van der Waals surface area contributed by atoms with E-state index in [0.717, 1.165) is 36.7 Å². The predicted molar refractivity (Wildman–Crippen MR) is 143 cm³/mol. The quantitative estimate of drug-likeness (QED) is 0.271. The molecule has 0 aliphatic heterocycles. The van der Waals surface area contributed by atoms with Crippen LogP contribution >= 0.6 is 12.2 Å². The molecule has 4 rings (SSSR count). The van der Waals surface area contributed by atoms with Gasteiger partial charge in [0.25, 0.3) is 0 Å². The number of fused-ring (bicyclic) bond motifs is 1. The lowest BCUT2D eigenvalue weighted by atomic mass is 9.94. The van der Waals surface area contributed by atoms with Crippen molar-refractivity contribution in [3.8, 4) is 5.75 Å². The number of benzene rings is 1. The van der Waals surface area contributed by atoms with E-state index < -0.39 is 12.8 Å². The van der Waals surface area contributed by atoms with Crippen LogP contribution in [-0.2, 0) is 9.53 Å². The van der Waals surface area contributed by atoms with Crippen molar-refractivity contribution >= 4 is 35.3 Å². The highest BCUT2D eigenvalue weighted by atomic mass is 32.1. The summed E-state index contributed by atoms with van der Waals surface area (Å²) >= 11 is 5.38. The van der Waals surface area contributed by atoms with Gasteiger partial charge >= 0.3 is 18.2 Å². The average molecular weight is 567 g/mol. The molecule has 8 nitrogen and oxygen atoms in total. The first kappa shape index (κ1) is 30.1. The number of ether oxygens (including phenoxy) is 2. The van der Waals surface area contributed by atoms with Crippen molar-refractivity contribution in [3.63, 3.8) is 0 Å². The van der Waals surface area contributed by atoms with Gasteiger partial charge in [0.15, 0.2) is 11.4 Å². The molecule has 0 radical (unpaired) electrons. The van der Waals surface area contributed by atoms with Gasteiger partial charge < -0.3 is 19.4 Å². The monoisotopic (exact) mass is 566 g/mol. The van der Waals surface area contributed by atoms with Crippen molar-refractivity contribution in [1.82, 2.24) is 19.4 Å². The van der Waals surface area contributed by atoms with Crippen molar-refractivity contribution in [2.45, 2.75) is 65.1 Å². The number of amides is 1. The van der Waals surface area contributed by atoms with E-state index in [2.05, 4.69) is 14.7 Å². The number of aromatic amines is 1. The standard InChI is InChI=1S/C18H23N3O3S.C9H10F3NO/c1-13(22)24-12-11-20(14-7-3-2-4-8-14)18(23)21-16-10-6-5-9-15(16)19-17(21)25;1-6-7(2)13-4-3-8(6)14-5-9(10,11)12/h5-6,9-10,14H,2-4,7-8,11-12H2,1H3,(H,19,25);3-4H,5H2,1-2H3. The fourth-order valence-corrected chi connectivity index (χ4v) is 4.71. The van der Waals surface area contributed by atoms with Gasteiger partial charge in [0, 0.05) is 30.4 Å². The van der Waals surface area contributed by atoms with E-state index >= 15 is 0 Å². The molecule has 0 unspecified atom stereocenters. The molecule has 212 valence electrons. The summed E-state index contributed by atoms with van der Waals surface area (Å²) < 4.78 is 47.1. The second-order valence-corrected chi connectivity index (χ2v) is 9.70. The highest BCUT2D eigenvalue weighted by Crippen LogP contribution is 2.25. The third-order valence-corrected chi connectivity index (χ3v) is 6.76. The van der Waals surface area contributed by atoms with Crippen LogP contribution in [0.3, 0.4) is 0 Å². The van der Waals surface area contributed by atoms with E-state index in [9.17, 15) is 22.8 Å². The van der Waals surface area contributed by atoms with Crippen LogP contribution in [0.2, 0.25) is 0 Å². The maximum Gasteiger partial charge on any atom is 0.422 e. The van der Waals surface area contributed by atoms with E-state index in [4.69, 9.17) is 17.0 Å². The number of alkyl halides is 3. The third kappa shape index (κ3) is 8.54. The SMILES string of the molecule is CC(=O)OCCN(C(=O)n1c(=S)[nH]c2ccccc21)C1CCCCC1.Cc1nccc(OCC(F)(F)F)c1C. The minimum absolute atomic E-state index is 0.151. The maximum absolute atomic E-state index is 13.3. The summed E-state index contributed by atoms with van der Waals surface area (Å²) in [6.45, 7) is 4.08. The lowest BCUT2D eigenvalue weighted by Gasteiger charge is -2.34. The minimum atomic E-state index is -4.30. The van der Waals surface area contributed by atoms with Crippen molar-refractivity contribution in [2.24, 2.45) is 0 Å². The Bertz CT molecular complexity index is 1330. The Kier molecular flexibility index (Phi) is 10.5. The van der Waals surface area contributed by atoms with Crippen LogP contribution < -0.4 is 4.74 Å². The molecule has 1 fully saturated rings. The molecular formula is C27H33F3N4O4S. The number of hydrogen-bond donors (Lipinski definition) is 1. The molecule has 0 bridgehead atoms. The first-order valence-electron chi connectivity index (χ1n) is 12.7. The number of aromatic nitrogens is 3. The van der Waals surface area contributed by atoms with Crippen LogP contribution in [-0.4, -0.2) is 63.4 Å². The highest BCUT2D eigenvalue weighted by Gasteiger charge is 2.29. The van der Waals surface area contributed by atoms with Gasteiger partial charge in [0.1, 0.15) is 12.4 Å². The van der Waals surface area contributed by atoms with Crippen LogP contribution in [0.5, 0.6) is 5.75 Å². The molecular weight excluding hydrogens is 533 g/mol. The third-order valence-electron chi connectivity index (χ3n) is 6.48. The van der Waals surface area contributed by atoms with Gasteiger partial charge in [-0.1, -0.05) is 31.4 Å². The van der Waals surface area contributed by atoms with E-state index in [1.807, 2.05) is 29.2 Å². The lowest BCUT2D eigenvalue weighted by Crippen LogP contribution is -2.45. The molecule has 0 atom stereocenters. The molecule has 1 amide bonds. The maximum atomic E-state index is 13.3. The molecule has 2 heterocycles. The smallest absolute Gasteiger partial charge is 0.422 e. The summed E-state index contributed by atoms with van der Waals surface area (Å²) in [6, 6.07) is 9.01. The molecule has 1 aromatic carbocycles. The van der Waals surface area contributed by atoms with Gasteiger partial charge in [-0.05, 0) is 57.1 Å². The summed E-state index contributed by atoms with van der Waals surface area (Å²) in [6.07, 6.45) is 2.50.